The number of fused-ring (bicyclic) bond motifs is 13. The molecule has 2 heteroatoms. The van der Waals surface area contributed by atoms with Gasteiger partial charge in [0.1, 0.15) is 22.3 Å². The van der Waals surface area contributed by atoms with Gasteiger partial charge >= 0.3 is 0 Å². The van der Waals surface area contributed by atoms with E-state index in [2.05, 4.69) is 209 Å². The summed E-state index contributed by atoms with van der Waals surface area (Å²) in [5, 5.41) is 16.7. The summed E-state index contributed by atoms with van der Waals surface area (Å²) < 4.78 is 13.7. The highest BCUT2D eigenvalue weighted by Gasteiger charge is 2.26. The molecule has 0 N–H and O–H groups in total. The second kappa shape index (κ2) is 12.9. The molecule has 0 atom stereocenters. The maximum atomic E-state index is 6.91. The van der Waals surface area contributed by atoms with E-state index in [1.54, 1.807) is 0 Å². The Morgan fingerprint density at radius 3 is 1.71 bits per heavy atom. The van der Waals surface area contributed by atoms with Crippen LogP contribution < -0.4 is 0 Å². The van der Waals surface area contributed by atoms with Gasteiger partial charge in [0.25, 0.3) is 0 Å². The molecule has 2 aromatic heterocycles. The molecule has 0 saturated heterocycles. The lowest BCUT2D eigenvalue weighted by Crippen LogP contribution is -2.11. The van der Waals surface area contributed by atoms with Crippen LogP contribution in [-0.4, -0.2) is 0 Å². The van der Waals surface area contributed by atoms with Crippen molar-refractivity contribution in [3.63, 3.8) is 0 Å². The van der Waals surface area contributed by atoms with Crippen LogP contribution in [0.25, 0.3) is 131 Å². The summed E-state index contributed by atoms with van der Waals surface area (Å²) in [6.07, 6.45) is 0. The minimum atomic E-state index is -0.0573. The second-order valence-electron chi connectivity index (χ2n) is 17.9. The summed E-state index contributed by atoms with van der Waals surface area (Å²) in [5.74, 6) is 0. The van der Waals surface area contributed by atoms with Crippen molar-refractivity contribution in [3.8, 4) is 33.4 Å². The average molecular weight is 793 g/mol. The molecular formula is C60H40O2. The second-order valence-corrected chi connectivity index (χ2v) is 17.9. The molecule has 13 rings (SSSR count). The molecule has 0 unspecified atom stereocenters. The first kappa shape index (κ1) is 35.1. The molecule has 11 aromatic carbocycles. The Hall–Kier alpha value is -7.68. The predicted octanol–water partition coefficient (Wildman–Crippen LogP) is 17.5. The van der Waals surface area contributed by atoms with Crippen molar-refractivity contribution in [1.29, 1.82) is 0 Å². The Bertz CT molecular complexity index is 4010. The number of hydrogen-bond acceptors (Lipinski definition) is 2. The van der Waals surface area contributed by atoms with Crippen molar-refractivity contribution in [2.75, 3.05) is 0 Å². The van der Waals surface area contributed by atoms with Gasteiger partial charge < -0.3 is 8.83 Å². The van der Waals surface area contributed by atoms with E-state index in [9.17, 15) is 0 Å². The summed E-state index contributed by atoms with van der Waals surface area (Å²) in [7, 11) is 0. The van der Waals surface area contributed by atoms with Gasteiger partial charge in [-0.2, -0.15) is 0 Å². The van der Waals surface area contributed by atoms with Crippen molar-refractivity contribution in [2.45, 2.75) is 26.2 Å². The fourth-order valence-corrected chi connectivity index (χ4v) is 10.6. The van der Waals surface area contributed by atoms with Crippen molar-refractivity contribution < 1.29 is 8.83 Å². The van der Waals surface area contributed by atoms with Gasteiger partial charge in [0, 0.05) is 16.2 Å². The summed E-state index contributed by atoms with van der Waals surface area (Å²) in [5.41, 5.74) is 11.8. The lowest BCUT2D eigenvalue weighted by atomic mass is 9.83. The summed E-state index contributed by atoms with van der Waals surface area (Å²) in [6, 6.07) is 69.0. The number of furan rings is 2. The van der Waals surface area contributed by atoms with Gasteiger partial charge in [0.2, 0.25) is 0 Å². The van der Waals surface area contributed by atoms with E-state index in [0.29, 0.717) is 0 Å². The van der Waals surface area contributed by atoms with Crippen LogP contribution in [0.1, 0.15) is 26.3 Å². The molecule has 0 aliphatic rings. The van der Waals surface area contributed by atoms with Gasteiger partial charge in [0.15, 0.2) is 0 Å². The topological polar surface area (TPSA) is 26.3 Å². The molecule has 0 amide bonds. The minimum Gasteiger partial charge on any atom is -0.456 e. The quantitative estimate of drug-likeness (QED) is 0.132. The van der Waals surface area contributed by atoms with Crippen molar-refractivity contribution in [3.05, 3.63) is 194 Å². The number of hydrogen-bond donors (Lipinski definition) is 0. The highest BCUT2D eigenvalue weighted by atomic mass is 16.3. The van der Waals surface area contributed by atoms with Crippen LogP contribution in [0.2, 0.25) is 0 Å². The molecule has 2 nitrogen and oxygen atoms in total. The van der Waals surface area contributed by atoms with Gasteiger partial charge in [-0.05, 0) is 135 Å². The third kappa shape index (κ3) is 5.04. The monoisotopic (exact) mass is 792 g/mol. The highest BCUT2D eigenvalue weighted by molar-refractivity contribution is 6.30. The van der Waals surface area contributed by atoms with Gasteiger partial charge in [-0.15, -0.1) is 0 Å². The molecule has 0 fully saturated rings. The molecule has 13 aromatic rings. The van der Waals surface area contributed by atoms with Crippen LogP contribution in [-0.2, 0) is 5.41 Å². The summed E-state index contributed by atoms with van der Waals surface area (Å²) >= 11 is 0. The van der Waals surface area contributed by atoms with E-state index in [-0.39, 0.29) is 5.41 Å². The Kier molecular flexibility index (Phi) is 7.31. The molecule has 0 aliphatic carbocycles. The zero-order chi connectivity index (χ0) is 41.3. The van der Waals surface area contributed by atoms with Crippen molar-refractivity contribution >= 4 is 97.7 Å². The first-order chi connectivity index (χ1) is 30.4. The van der Waals surface area contributed by atoms with Gasteiger partial charge in [0.05, 0.1) is 5.39 Å². The van der Waals surface area contributed by atoms with Gasteiger partial charge in [-0.1, -0.05) is 172 Å². The Labute approximate surface area is 358 Å². The van der Waals surface area contributed by atoms with E-state index in [1.165, 1.54) is 92.6 Å². The smallest absolute Gasteiger partial charge is 0.147 e. The summed E-state index contributed by atoms with van der Waals surface area (Å²) in [4.78, 5) is 0. The number of rotatable bonds is 3. The van der Waals surface area contributed by atoms with Crippen molar-refractivity contribution in [2.24, 2.45) is 0 Å². The number of benzene rings is 11. The maximum absolute atomic E-state index is 6.91. The van der Waals surface area contributed by atoms with E-state index in [4.69, 9.17) is 8.83 Å². The standard InChI is InChI=1S/C60H40O2/c1-60(2,3)50-22-12-24-51-56(50)48-31-32-53-58(59(48)62-51)57-47(21-11-23-52(57)61-53)55-45-19-9-8-18-44(45)54(39-28-29-43-37(33-39)26-25-36-14-5-7-17-41(36)43)49-34-38(27-30-46(49)55)42-20-10-15-35-13-4-6-16-40(35)42/h4-34H,1-3H3. The molecule has 2 heterocycles. The molecule has 0 aliphatic heterocycles. The van der Waals surface area contributed by atoms with E-state index >= 15 is 0 Å². The third-order valence-electron chi connectivity index (χ3n) is 13.4. The molecule has 0 spiro atoms. The molecule has 62 heavy (non-hydrogen) atoms. The van der Waals surface area contributed by atoms with Crippen LogP contribution in [0.15, 0.2) is 197 Å². The van der Waals surface area contributed by atoms with Crippen LogP contribution in [0.4, 0.5) is 0 Å². The van der Waals surface area contributed by atoms with Crippen molar-refractivity contribution in [1.82, 2.24) is 0 Å². The lowest BCUT2D eigenvalue weighted by Gasteiger charge is -2.20. The minimum absolute atomic E-state index is 0.0573. The van der Waals surface area contributed by atoms with E-state index < -0.39 is 0 Å². The van der Waals surface area contributed by atoms with E-state index in [1.807, 2.05) is 0 Å². The predicted molar refractivity (Wildman–Crippen MR) is 264 cm³/mol. The van der Waals surface area contributed by atoms with E-state index in [0.717, 1.165) is 44.1 Å². The lowest BCUT2D eigenvalue weighted by molar-refractivity contribution is 0.594. The Morgan fingerprint density at radius 2 is 0.887 bits per heavy atom. The normalized spacial score (nSPS) is 12.4. The molecule has 0 saturated carbocycles. The largest absolute Gasteiger partial charge is 0.456 e. The Balaban J connectivity index is 1.16. The zero-order valence-corrected chi connectivity index (χ0v) is 34.7. The third-order valence-corrected chi connectivity index (χ3v) is 13.4. The van der Waals surface area contributed by atoms with Gasteiger partial charge in [-0.25, -0.2) is 0 Å². The summed E-state index contributed by atoms with van der Waals surface area (Å²) in [6.45, 7) is 6.82. The molecule has 292 valence electrons. The van der Waals surface area contributed by atoms with Gasteiger partial charge in [-0.3, -0.25) is 0 Å². The van der Waals surface area contributed by atoms with Crippen LogP contribution in [0, 0.1) is 0 Å². The first-order valence-electron chi connectivity index (χ1n) is 21.6. The van der Waals surface area contributed by atoms with Crippen LogP contribution >= 0.6 is 0 Å². The first-order valence-corrected chi connectivity index (χ1v) is 21.6. The fourth-order valence-electron chi connectivity index (χ4n) is 10.6. The molecule has 0 radical (unpaired) electrons. The fraction of sp³-hybridized carbons (Fsp3) is 0.0667. The maximum Gasteiger partial charge on any atom is 0.147 e. The Morgan fingerprint density at radius 1 is 0.323 bits per heavy atom. The average Bonchev–Trinajstić information content (AvgIpc) is 3.89. The molecule has 0 bridgehead atoms. The highest BCUT2D eigenvalue weighted by Crippen LogP contribution is 2.50. The van der Waals surface area contributed by atoms with Crippen LogP contribution in [0.5, 0.6) is 0 Å². The van der Waals surface area contributed by atoms with Crippen LogP contribution in [0.3, 0.4) is 0 Å². The SMILES string of the molecule is CC(C)(C)c1cccc2oc3c(ccc4oc5cccc(-c6c7ccccc7c(-c7ccc8c(ccc9ccccc98)c7)c7cc(-c8cccc9ccccc89)ccc67)c5c43)c12. The zero-order valence-electron chi connectivity index (χ0n) is 34.7. The molecular weight excluding hydrogens is 753 g/mol.